The standard InChI is InChI=1S/C13H16N4O3/c1-7-11(13(14)18)16-17(2)12(7)8-6-15-10(20-4)5-9(8)19-3/h5-6H,1-4H3,(H2,14,18). The molecule has 0 saturated heterocycles. The molecule has 0 aliphatic heterocycles. The van der Waals surface area contributed by atoms with Crippen LogP contribution in [0.4, 0.5) is 0 Å². The molecule has 0 aliphatic rings. The van der Waals surface area contributed by atoms with Crippen molar-refractivity contribution in [3.05, 3.63) is 23.5 Å². The third-order valence-corrected chi connectivity index (χ3v) is 3.04. The smallest absolute Gasteiger partial charge is 0.269 e. The molecule has 0 aliphatic carbocycles. The van der Waals surface area contributed by atoms with Gasteiger partial charge in [-0.15, -0.1) is 0 Å². The van der Waals surface area contributed by atoms with Gasteiger partial charge < -0.3 is 15.2 Å². The van der Waals surface area contributed by atoms with Gasteiger partial charge in [0.05, 0.1) is 25.5 Å². The minimum absolute atomic E-state index is 0.236. The molecular weight excluding hydrogens is 260 g/mol. The number of amides is 1. The topological polar surface area (TPSA) is 92.3 Å². The molecule has 0 fully saturated rings. The number of ether oxygens (including phenoxy) is 2. The van der Waals surface area contributed by atoms with Crippen LogP contribution in [0.15, 0.2) is 12.3 Å². The van der Waals surface area contributed by atoms with Gasteiger partial charge in [0.1, 0.15) is 5.75 Å². The van der Waals surface area contributed by atoms with E-state index in [0.717, 1.165) is 5.69 Å². The maximum atomic E-state index is 11.4. The van der Waals surface area contributed by atoms with E-state index in [2.05, 4.69) is 10.1 Å². The van der Waals surface area contributed by atoms with Crippen molar-refractivity contribution in [2.24, 2.45) is 12.8 Å². The number of methoxy groups -OCH3 is 2. The van der Waals surface area contributed by atoms with Crippen LogP contribution in [0.25, 0.3) is 11.3 Å². The normalized spacial score (nSPS) is 10.4. The van der Waals surface area contributed by atoms with E-state index in [1.54, 1.807) is 38.0 Å². The number of rotatable bonds is 4. The highest BCUT2D eigenvalue weighted by atomic mass is 16.5. The molecule has 0 aromatic carbocycles. The van der Waals surface area contributed by atoms with Gasteiger partial charge in [0.25, 0.3) is 5.91 Å². The SMILES string of the molecule is COc1cc(OC)c(-c2c(C)c(C(N)=O)nn2C)cn1. The Kier molecular flexibility index (Phi) is 3.60. The van der Waals surface area contributed by atoms with Crippen LogP contribution in [0.3, 0.4) is 0 Å². The second-order valence-corrected chi connectivity index (χ2v) is 4.24. The van der Waals surface area contributed by atoms with E-state index in [4.69, 9.17) is 15.2 Å². The summed E-state index contributed by atoms with van der Waals surface area (Å²) < 4.78 is 12.0. The van der Waals surface area contributed by atoms with Crippen molar-refractivity contribution >= 4 is 5.91 Å². The van der Waals surface area contributed by atoms with Gasteiger partial charge in [-0.2, -0.15) is 5.10 Å². The number of primary amides is 1. The lowest BCUT2D eigenvalue weighted by atomic mass is 10.1. The van der Waals surface area contributed by atoms with Crippen LogP contribution in [0.5, 0.6) is 11.6 Å². The summed E-state index contributed by atoms with van der Waals surface area (Å²) in [5.74, 6) is 0.462. The molecular formula is C13H16N4O3. The number of nitrogens with zero attached hydrogens (tertiary/aromatic N) is 3. The molecule has 7 nitrogen and oxygen atoms in total. The number of aryl methyl sites for hydroxylation is 1. The Morgan fingerprint density at radius 3 is 2.55 bits per heavy atom. The summed E-state index contributed by atoms with van der Waals surface area (Å²) in [6, 6.07) is 1.67. The zero-order valence-corrected chi connectivity index (χ0v) is 11.8. The average molecular weight is 276 g/mol. The number of aromatic nitrogens is 3. The summed E-state index contributed by atoms with van der Waals surface area (Å²) in [6.45, 7) is 1.78. The number of hydrogen-bond acceptors (Lipinski definition) is 5. The van der Waals surface area contributed by atoms with Gasteiger partial charge in [0.15, 0.2) is 5.69 Å². The molecule has 2 heterocycles. The van der Waals surface area contributed by atoms with Crippen LogP contribution in [-0.4, -0.2) is 34.9 Å². The van der Waals surface area contributed by atoms with Crippen LogP contribution in [-0.2, 0) is 7.05 Å². The van der Waals surface area contributed by atoms with Crippen molar-refractivity contribution in [3.63, 3.8) is 0 Å². The van der Waals surface area contributed by atoms with E-state index in [0.29, 0.717) is 22.8 Å². The van der Waals surface area contributed by atoms with Gasteiger partial charge in [-0.05, 0) is 6.92 Å². The first-order chi connectivity index (χ1) is 9.49. The molecule has 0 spiro atoms. The lowest BCUT2D eigenvalue weighted by Gasteiger charge is -2.10. The summed E-state index contributed by atoms with van der Waals surface area (Å²) in [5, 5.41) is 4.13. The Hall–Kier alpha value is -2.57. The first kappa shape index (κ1) is 13.9. The molecule has 2 aromatic heterocycles. The van der Waals surface area contributed by atoms with E-state index >= 15 is 0 Å². The molecule has 0 radical (unpaired) electrons. The van der Waals surface area contributed by atoms with Gasteiger partial charge in [0.2, 0.25) is 5.88 Å². The molecule has 2 aromatic rings. The second-order valence-electron chi connectivity index (χ2n) is 4.24. The monoisotopic (exact) mass is 276 g/mol. The first-order valence-electron chi connectivity index (χ1n) is 5.91. The molecule has 7 heteroatoms. The first-order valence-corrected chi connectivity index (χ1v) is 5.91. The van der Waals surface area contributed by atoms with Gasteiger partial charge >= 0.3 is 0 Å². The highest BCUT2D eigenvalue weighted by Crippen LogP contribution is 2.34. The lowest BCUT2D eigenvalue weighted by molar-refractivity contribution is 0.0994. The van der Waals surface area contributed by atoms with Crippen LogP contribution in [0.1, 0.15) is 16.1 Å². The zero-order chi connectivity index (χ0) is 14.9. The second kappa shape index (κ2) is 5.20. The van der Waals surface area contributed by atoms with Gasteiger partial charge in [-0.25, -0.2) is 4.98 Å². The minimum atomic E-state index is -0.565. The molecule has 0 unspecified atom stereocenters. The Labute approximate surface area is 116 Å². The summed E-state index contributed by atoms with van der Waals surface area (Å²) in [7, 11) is 4.82. The lowest BCUT2D eigenvalue weighted by Crippen LogP contribution is -2.13. The van der Waals surface area contributed by atoms with Gasteiger partial charge in [-0.3, -0.25) is 9.48 Å². The van der Waals surface area contributed by atoms with Crippen LogP contribution < -0.4 is 15.2 Å². The largest absolute Gasteiger partial charge is 0.496 e. The van der Waals surface area contributed by atoms with E-state index in [1.165, 1.54) is 7.11 Å². The van der Waals surface area contributed by atoms with Crippen LogP contribution in [0, 0.1) is 6.92 Å². The third kappa shape index (κ3) is 2.18. The van der Waals surface area contributed by atoms with Crippen molar-refractivity contribution < 1.29 is 14.3 Å². The summed E-state index contributed by atoms with van der Waals surface area (Å²) in [5.41, 5.74) is 7.67. The molecule has 106 valence electrons. The van der Waals surface area contributed by atoms with E-state index < -0.39 is 5.91 Å². The Bertz CT molecular complexity index is 664. The number of carbonyl (C=O) groups is 1. The molecule has 0 saturated carbocycles. The predicted octanol–water partition coefficient (Wildman–Crippen LogP) is 0.907. The van der Waals surface area contributed by atoms with E-state index in [1.807, 2.05) is 0 Å². The third-order valence-electron chi connectivity index (χ3n) is 3.04. The zero-order valence-electron chi connectivity index (χ0n) is 11.8. The van der Waals surface area contributed by atoms with Crippen molar-refractivity contribution in [3.8, 4) is 22.9 Å². The molecule has 0 atom stereocenters. The Morgan fingerprint density at radius 1 is 1.35 bits per heavy atom. The van der Waals surface area contributed by atoms with Crippen LogP contribution in [0.2, 0.25) is 0 Å². The van der Waals surface area contributed by atoms with Crippen molar-refractivity contribution in [1.82, 2.24) is 14.8 Å². The highest BCUT2D eigenvalue weighted by molar-refractivity contribution is 5.94. The Morgan fingerprint density at radius 2 is 2.05 bits per heavy atom. The molecule has 2 N–H and O–H groups in total. The van der Waals surface area contributed by atoms with Crippen molar-refractivity contribution in [1.29, 1.82) is 0 Å². The maximum absolute atomic E-state index is 11.4. The number of nitrogens with two attached hydrogens (primary N) is 1. The molecule has 1 amide bonds. The number of carbonyl (C=O) groups excluding carboxylic acids is 1. The summed E-state index contributed by atoms with van der Waals surface area (Å²) in [4.78, 5) is 15.5. The fraction of sp³-hybridized carbons (Fsp3) is 0.308. The fourth-order valence-corrected chi connectivity index (χ4v) is 2.12. The van der Waals surface area contributed by atoms with E-state index in [9.17, 15) is 4.79 Å². The summed E-state index contributed by atoms with van der Waals surface area (Å²) in [6.07, 6.45) is 1.62. The summed E-state index contributed by atoms with van der Waals surface area (Å²) >= 11 is 0. The van der Waals surface area contributed by atoms with Crippen molar-refractivity contribution in [2.45, 2.75) is 6.92 Å². The Balaban J connectivity index is 2.65. The maximum Gasteiger partial charge on any atom is 0.269 e. The number of pyridine rings is 1. The van der Waals surface area contributed by atoms with Crippen LogP contribution >= 0.6 is 0 Å². The fourth-order valence-electron chi connectivity index (χ4n) is 2.12. The van der Waals surface area contributed by atoms with E-state index in [-0.39, 0.29) is 5.69 Å². The van der Waals surface area contributed by atoms with Crippen molar-refractivity contribution in [2.75, 3.05) is 14.2 Å². The highest BCUT2D eigenvalue weighted by Gasteiger charge is 2.20. The molecule has 0 bridgehead atoms. The van der Waals surface area contributed by atoms with Gasteiger partial charge in [0, 0.05) is 24.9 Å². The van der Waals surface area contributed by atoms with Gasteiger partial charge in [-0.1, -0.05) is 0 Å². The quantitative estimate of drug-likeness (QED) is 0.896. The minimum Gasteiger partial charge on any atom is -0.496 e. The number of hydrogen-bond donors (Lipinski definition) is 1. The molecule has 20 heavy (non-hydrogen) atoms. The predicted molar refractivity (Wildman–Crippen MR) is 72.8 cm³/mol. The average Bonchev–Trinajstić information content (AvgIpc) is 2.73. The molecule has 2 rings (SSSR count).